The van der Waals surface area contributed by atoms with E-state index >= 15 is 0 Å². The molecule has 1 unspecified atom stereocenters. The van der Waals surface area contributed by atoms with Crippen molar-refractivity contribution in [3.8, 4) is 0 Å². The summed E-state index contributed by atoms with van der Waals surface area (Å²) in [6, 6.07) is 6.19. The van der Waals surface area contributed by atoms with Crippen molar-refractivity contribution in [2.24, 2.45) is 0 Å². The van der Waals surface area contributed by atoms with E-state index in [0.717, 1.165) is 5.69 Å². The second-order valence-corrected chi connectivity index (χ2v) is 4.59. The van der Waals surface area contributed by atoms with Crippen LogP contribution in [0.15, 0.2) is 18.2 Å². The Morgan fingerprint density at radius 3 is 2.65 bits per heavy atom. The van der Waals surface area contributed by atoms with Gasteiger partial charge in [-0.05, 0) is 56.2 Å². The summed E-state index contributed by atoms with van der Waals surface area (Å²) < 4.78 is 5.14. The van der Waals surface area contributed by atoms with E-state index in [9.17, 15) is 0 Å². The van der Waals surface area contributed by atoms with E-state index in [-0.39, 0.29) is 6.10 Å². The first-order valence-corrected chi connectivity index (χ1v) is 6.08. The first-order valence-electron chi connectivity index (χ1n) is 5.68. The lowest BCUT2D eigenvalue weighted by Crippen LogP contribution is -2.34. The van der Waals surface area contributed by atoms with Crippen molar-refractivity contribution in [2.45, 2.75) is 26.9 Å². The Labute approximate surface area is 109 Å². The average Bonchev–Trinajstić information content (AvgIpc) is 2.31. The lowest BCUT2D eigenvalue weighted by atomic mass is 10.1. The van der Waals surface area contributed by atoms with Gasteiger partial charge in [-0.2, -0.15) is 0 Å². The molecule has 0 aliphatic rings. The van der Waals surface area contributed by atoms with Crippen LogP contribution in [0.5, 0.6) is 0 Å². The summed E-state index contributed by atoms with van der Waals surface area (Å²) in [7, 11) is 1.69. The number of nitrogens with one attached hydrogen (secondary N) is 2. The van der Waals surface area contributed by atoms with Crippen LogP contribution in [0.2, 0.25) is 0 Å². The number of hydrogen-bond acceptors (Lipinski definition) is 2. The van der Waals surface area contributed by atoms with Crippen molar-refractivity contribution in [1.29, 1.82) is 0 Å². The van der Waals surface area contributed by atoms with Gasteiger partial charge in [-0.3, -0.25) is 0 Å². The fourth-order valence-electron chi connectivity index (χ4n) is 1.31. The molecular weight excluding hydrogens is 232 g/mol. The smallest absolute Gasteiger partial charge is 0.170 e. The van der Waals surface area contributed by atoms with E-state index < -0.39 is 0 Å². The van der Waals surface area contributed by atoms with Crippen molar-refractivity contribution in [2.75, 3.05) is 19.0 Å². The van der Waals surface area contributed by atoms with E-state index in [4.69, 9.17) is 17.0 Å². The Balaban J connectivity index is 2.48. The molecule has 0 spiro atoms. The average molecular weight is 252 g/mol. The van der Waals surface area contributed by atoms with Gasteiger partial charge in [-0.1, -0.05) is 6.07 Å². The number of hydrogen-bond donors (Lipinski definition) is 2. The van der Waals surface area contributed by atoms with Gasteiger partial charge in [0.05, 0.1) is 6.10 Å². The summed E-state index contributed by atoms with van der Waals surface area (Å²) in [4.78, 5) is 0. The highest BCUT2D eigenvalue weighted by atomic mass is 32.1. The van der Waals surface area contributed by atoms with Gasteiger partial charge >= 0.3 is 0 Å². The molecule has 1 aromatic rings. The molecular formula is C13H20N2OS. The fraction of sp³-hybridized carbons (Fsp3) is 0.462. The number of methoxy groups -OCH3 is 1. The predicted octanol–water partition coefficient (Wildman–Crippen LogP) is 2.62. The predicted molar refractivity (Wildman–Crippen MR) is 76.6 cm³/mol. The fourth-order valence-corrected chi connectivity index (χ4v) is 1.52. The minimum atomic E-state index is 0.148. The topological polar surface area (TPSA) is 33.3 Å². The Morgan fingerprint density at radius 1 is 1.35 bits per heavy atom. The van der Waals surface area contributed by atoms with E-state index in [0.29, 0.717) is 11.7 Å². The maximum Gasteiger partial charge on any atom is 0.170 e. The summed E-state index contributed by atoms with van der Waals surface area (Å²) in [6.45, 7) is 6.87. The SMILES string of the molecule is COC(C)CNC(=S)Nc1ccc(C)c(C)c1. The molecule has 0 amide bonds. The maximum atomic E-state index is 5.20. The summed E-state index contributed by atoms with van der Waals surface area (Å²) in [6.07, 6.45) is 0.148. The zero-order chi connectivity index (χ0) is 12.8. The van der Waals surface area contributed by atoms with Crippen molar-refractivity contribution >= 4 is 23.0 Å². The number of aryl methyl sites for hydroxylation is 2. The Morgan fingerprint density at radius 2 is 2.06 bits per heavy atom. The Hall–Kier alpha value is -1.13. The largest absolute Gasteiger partial charge is 0.380 e. The lowest BCUT2D eigenvalue weighted by molar-refractivity contribution is 0.121. The van der Waals surface area contributed by atoms with Gasteiger partial charge in [0.1, 0.15) is 0 Å². The standard InChI is InChI=1S/C13H20N2OS/c1-9-5-6-12(7-10(9)2)15-13(17)14-8-11(3)16-4/h5-7,11H,8H2,1-4H3,(H2,14,15,17). The normalized spacial score (nSPS) is 12.0. The molecule has 0 saturated carbocycles. The van der Waals surface area contributed by atoms with E-state index in [1.807, 2.05) is 13.0 Å². The quantitative estimate of drug-likeness (QED) is 0.807. The van der Waals surface area contributed by atoms with E-state index in [2.05, 4.69) is 36.6 Å². The molecule has 17 heavy (non-hydrogen) atoms. The molecule has 0 fully saturated rings. The molecule has 1 aromatic carbocycles. The van der Waals surface area contributed by atoms with Gasteiger partial charge in [-0.15, -0.1) is 0 Å². The molecule has 0 bridgehead atoms. The maximum absolute atomic E-state index is 5.20. The molecule has 0 aromatic heterocycles. The molecule has 4 heteroatoms. The summed E-state index contributed by atoms with van der Waals surface area (Å²) >= 11 is 5.20. The van der Waals surface area contributed by atoms with Crippen LogP contribution >= 0.6 is 12.2 Å². The molecule has 1 atom stereocenters. The third-order valence-electron chi connectivity index (χ3n) is 2.72. The number of anilines is 1. The monoisotopic (exact) mass is 252 g/mol. The second-order valence-electron chi connectivity index (χ2n) is 4.18. The molecule has 0 heterocycles. The number of thiocarbonyl (C=S) groups is 1. The number of benzene rings is 1. The molecule has 0 aliphatic heterocycles. The molecule has 94 valence electrons. The zero-order valence-electron chi connectivity index (χ0n) is 10.8. The van der Waals surface area contributed by atoms with E-state index in [1.54, 1.807) is 7.11 Å². The lowest BCUT2D eigenvalue weighted by Gasteiger charge is -2.14. The molecule has 2 N–H and O–H groups in total. The number of ether oxygens (including phenoxy) is 1. The summed E-state index contributed by atoms with van der Waals surface area (Å²) in [5.74, 6) is 0. The highest BCUT2D eigenvalue weighted by Crippen LogP contribution is 2.13. The Bertz CT molecular complexity index is 393. The van der Waals surface area contributed by atoms with Gasteiger partial charge in [-0.25, -0.2) is 0 Å². The minimum absolute atomic E-state index is 0.148. The molecule has 3 nitrogen and oxygen atoms in total. The van der Waals surface area contributed by atoms with Gasteiger partial charge in [0.25, 0.3) is 0 Å². The van der Waals surface area contributed by atoms with Crippen LogP contribution in [-0.4, -0.2) is 24.9 Å². The molecule has 0 radical (unpaired) electrons. The number of rotatable bonds is 4. The van der Waals surface area contributed by atoms with Crippen LogP contribution in [0, 0.1) is 13.8 Å². The summed E-state index contributed by atoms with van der Waals surface area (Å²) in [5, 5.41) is 6.89. The van der Waals surface area contributed by atoms with Crippen LogP contribution in [0.4, 0.5) is 5.69 Å². The molecule has 0 saturated heterocycles. The van der Waals surface area contributed by atoms with E-state index in [1.165, 1.54) is 11.1 Å². The second kappa shape index (κ2) is 6.57. The van der Waals surface area contributed by atoms with Crippen LogP contribution in [0.3, 0.4) is 0 Å². The van der Waals surface area contributed by atoms with Crippen molar-refractivity contribution in [3.05, 3.63) is 29.3 Å². The highest BCUT2D eigenvalue weighted by Gasteiger charge is 2.02. The summed E-state index contributed by atoms with van der Waals surface area (Å²) in [5.41, 5.74) is 3.54. The first kappa shape index (κ1) is 13.9. The van der Waals surface area contributed by atoms with Crippen LogP contribution < -0.4 is 10.6 Å². The third kappa shape index (κ3) is 4.71. The van der Waals surface area contributed by atoms with Gasteiger partial charge in [0.15, 0.2) is 5.11 Å². The highest BCUT2D eigenvalue weighted by molar-refractivity contribution is 7.80. The first-order chi connectivity index (χ1) is 8.02. The van der Waals surface area contributed by atoms with Crippen LogP contribution in [0.1, 0.15) is 18.1 Å². The van der Waals surface area contributed by atoms with Gasteiger partial charge in [0.2, 0.25) is 0 Å². The van der Waals surface area contributed by atoms with Crippen LogP contribution in [0.25, 0.3) is 0 Å². The third-order valence-corrected chi connectivity index (χ3v) is 2.96. The van der Waals surface area contributed by atoms with Crippen molar-refractivity contribution in [3.63, 3.8) is 0 Å². The minimum Gasteiger partial charge on any atom is -0.380 e. The van der Waals surface area contributed by atoms with Crippen molar-refractivity contribution < 1.29 is 4.74 Å². The zero-order valence-corrected chi connectivity index (χ0v) is 11.6. The molecule has 0 aliphatic carbocycles. The van der Waals surface area contributed by atoms with Gasteiger partial charge in [0, 0.05) is 19.3 Å². The molecule has 1 rings (SSSR count). The van der Waals surface area contributed by atoms with Gasteiger partial charge < -0.3 is 15.4 Å². The Kier molecular flexibility index (Phi) is 5.38. The van der Waals surface area contributed by atoms with Crippen molar-refractivity contribution in [1.82, 2.24) is 5.32 Å². The van der Waals surface area contributed by atoms with Crippen LogP contribution in [-0.2, 0) is 4.74 Å².